The number of rotatable bonds is 2. The van der Waals surface area contributed by atoms with Gasteiger partial charge in [-0.2, -0.15) is 0 Å². The number of anilines is 2. The second-order valence-electron chi connectivity index (χ2n) is 9.12. The van der Waals surface area contributed by atoms with E-state index in [4.69, 9.17) is 0 Å². The molecule has 0 aliphatic heterocycles. The van der Waals surface area contributed by atoms with E-state index in [-0.39, 0.29) is 5.41 Å². The first-order valence-corrected chi connectivity index (χ1v) is 10.9. The number of benzene rings is 5. The van der Waals surface area contributed by atoms with Crippen LogP contribution in [0.1, 0.15) is 25.0 Å². The molecule has 1 nitrogen and oxygen atoms in total. The summed E-state index contributed by atoms with van der Waals surface area (Å²) in [4.78, 5) is 2.34. The van der Waals surface area contributed by atoms with E-state index < -0.39 is 0 Å². The lowest BCUT2D eigenvalue weighted by atomic mass is 9.82. The van der Waals surface area contributed by atoms with E-state index in [1.165, 1.54) is 55.2 Å². The van der Waals surface area contributed by atoms with Gasteiger partial charge in [-0.15, -0.1) is 0 Å². The van der Waals surface area contributed by atoms with Crippen LogP contribution >= 0.6 is 0 Å². The molecule has 0 aromatic heterocycles. The third-order valence-electron chi connectivity index (χ3n) is 7.06. The maximum atomic E-state index is 2.39. The van der Waals surface area contributed by atoms with Crippen molar-refractivity contribution in [2.24, 2.45) is 0 Å². The van der Waals surface area contributed by atoms with Crippen molar-refractivity contribution < 1.29 is 0 Å². The minimum Gasteiger partial charge on any atom is -0.344 e. The Hall–Kier alpha value is -3.58. The summed E-state index contributed by atoms with van der Waals surface area (Å²) in [6.07, 6.45) is 0. The zero-order chi connectivity index (χ0) is 21.2. The van der Waals surface area contributed by atoms with E-state index in [1.54, 1.807) is 0 Å². The molecule has 1 heteroatoms. The first-order valence-electron chi connectivity index (χ1n) is 10.9. The summed E-state index contributed by atoms with van der Waals surface area (Å²) in [5.74, 6) is 0. The lowest BCUT2D eigenvalue weighted by Crippen LogP contribution is -2.16. The summed E-state index contributed by atoms with van der Waals surface area (Å²) < 4.78 is 0. The first-order chi connectivity index (χ1) is 15.1. The Morgan fingerprint density at radius 2 is 1.23 bits per heavy atom. The molecule has 31 heavy (non-hydrogen) atoms. The van der Waals surface area contributed by atoms with Gasteiger partial charge in [0.1, 0.15) is 0 Å². The van der Waals surface area contributed by atoms with E-state index in [9.17, 15) is 0 Å². The fourth-order valence-electron chi connectivity index (χ4n) is 5.35. The lowest BCUT2D eigenvalue weighted by Gasteiger charge is -2.26. The Bertz CT molecular complexity index is 1480. The van der Waals surface area contributed by atoms with Gasteiger partial charge in [0.15, 0.2) is 0 Å². The summed E-state index contributed by atoms with van der Waals surface area (Å²) in [6.45, 7) is 4.68. The van der Waals surface area contributed by atoms with Crippen LogP contribution in [0.2, 0.25) is 0 Å². The second-order valence-corrected chi connectivity index (χ2v) is 9.12. The van der Waals surface area contributed by atoms with Gasteiger partial charge in [-0.25, -0.2) is 0 Å². The van der Waals surface area contributed by atoms with E-state index in [0.717, 1.165) is 0 Å². The topological polar surface area (TPSA) is 3.24 Å². The van der Waals surface area contributed by atoms with Gasteiger partial charge >= 0.3 is 0 Å². The van der Waals surface area contributed by atoms with E-state index >= 15 is 0 Å². The molecule has 0 fully saturated rings. The SMILES string of the molecule is CN(c1ccc2c(c1)C(C)(C)c1ccccc1-2)c1cc2ccccc2c2ccccc12. The molecule has 6 rings (SSSR count). The lowest BCUT2D eigenvalue weighted by molar-refractivity contribution is 0.660. The smallest absolute Gasteiger partial charge is 0.0494 e. The highest BCUT2D eigenvalue weighted by Gasteiger charge is 2.35. The normalized spacial score (nSPS) is 13.9. The maximum absolute atomic E-state index is 2.39. The minimum absolute atomic E-state index is 0.00816. The fourth-order valence-corrected chi connectivity index (χ4v) is 5.35. The number of nitrogens with zero attached hydrogens (tertiary/aromatic N) is 1. The predicted octanol–water partition coefficient (Wildman–Crippen LogP) is 8.07. The van der Waals surface area contributed by atoms with Gasteiger partial charge in [-0.3, -0.25) is 0 Å². The van der Waals surface area contributed by atoms with Gasteiger partial charge < -0.3 is 4.90 Å². The van der Waals surface area contributed by atoms with Crippen molar-refractivity contribution in [1.82, 2.24) is 0 Å². The Morgan fingerprint density at radius 1 is 0.581 bits per heavy atom. The van der Waals surface area contributed by atoms with Crippen LogP contribution in [-0.4, -0.2) is 7.05 Å². The van der Waals surface area contributed by atoms with E-state index in [2.05, 4.69) is 123 Å². The molecule has 0 unspecified atom stereocenters. The Morgan fingerprint density at radius 3 is 2.06 bits per heavy atom. The van der Waals surface area contributed by atoms with Crippen molar-refractivity contribution in [3.05, 3.63) is 108 Å². The molecule has 0 spiro atoms. The molecular formula is C30H25N. The molecule has 1 aliphatic rings. The van der Waals surface area contributed by atoms with Gasteiger partial charge in [0.05, 0.1) is 0 Å². The van der Waals surface area contributed by atoms with Gasteiger partial charge in [0.2, 0.25) is 0 Å². The molecule has 0 amide bonds. The number of hydrogen-bond donors (Lipinski definition) is 0. The summed E-state index contributed by atoms with van der Waals surface area (Å²) in [7, 11) is 2.19. The standard InChI is InChI=1S/C30H25N/c1-30(2)27-15-9-8-13-24(27)25-17-16-21(19-28(25)30)31(3)29-18-20-10-4-5-11-22(20)23-12-6-7-14-26(23)29/h4-19H,1-3H3. The highest BCUT2D eigenvalue weighted by atomic mass is 15.1. The molecule has 0 bridgehead atoms. The van der Waals surface area contributed by atoms with Gasteiger partial charge in [0.25, 0.3) is 0 Å². The minimum atomic E-state index is 0.00816. The maximum Gasteiger partial charge on any atom is 0.0494 e. The van der Waals surface area contributed by atoms with Gasteiger partial charge in [0, 0.05) is 29.2 Å². The zero-order valence-corrected chi connectivity index (χ0v) is 18.2. The molecule has 150 valence electrons. The summed E-state index contributed by atoms with van der Waals surface area (Å²) in [5, 5.41) is 5.17. The van der Waals surface area contributed by atoms with Crippen LogP contribution in [0, 0.1) is 0 Å². The molecule has 0 atom stereocenters. The summed E-state index contributed by atoms with van der Waals surface area (Å²) >= 11 is 0. The average Bonchev–Trinajstić information content (AvgIpc) is 3.05. The highest BCUT2D eigenvalue weighted by molar-refractivity contribution is 6.13. The third-order valence-corrected chi connectivity index (χ3v) is 7.06. The van der Waals surface area contributed by atoms with Crippen LogP contribution < -0.4 is 4.90 Å². The molecule has 0 heterocycles. The highest BCUT2D eigenvalue weighted by Crippen LogP contribution is 2.50. The van der Waals surface area contributed by atoms with Crippen molar-refractivity contribution in [1.29, 1.82) is 0 Å². The van der Waals surface area contributed by atoms with Crippen molar-refractivity contribution in [3.63, 3.8) is 0 Å². The Labute approximate surface area is 183 Å². The average molecular weight is 400 g/mol. The van der Waals surface area contributed by atoms with Crippen LogP contribution in [0.4, 0.5) is 11.4 Å². The summed E-state index contributed by atoms with van der Waals surface area (Å²) in [6, 6.07) is 35.5. The monoisotopic (exact) mass is 399 g/mol. The van der Waals surface area contributed by atoms with Crippen LogP contribution in [-0.2, 0) is 5.41 Å². The van der Waals surface area contributed by atoms with Crippen molar-refractivity contribution >= 4 is 32.9 Å². The Kier molecular flexibility index (Phi) is 3.79. The number of fused-ring (bicyclic) bond motifs is 6. The van der Waals surface area contributed by atoms with E-state index in [1.807, 2.05) is 0 Å². The zero-order valence-electron chi connectivity index (χ0n) is 18.2. The molecule has 0 radical (unpaired) electrons. The van der Waals surface area contributed by atoms with E-state index in [0.29, 0.717) is 0 Å². The second kappa shape index (κ2) is 6.46. The summed E-state index contributed by atoms with van der Waals surface area (Å²) in [5.41, 5.74) is 8.02. The van der Waals surface area contributed by atoms with Crippen LogP contribution in [0.15, 0.2) is 97.1 Å². The predicted molar refractivity (Wildman–Crippen MR) is 134 cm³/mol. The molecule has 5 aromatic carbocycles. The molecule has 0 saturated carbocycles. The molecule has 0 N–H and O–H groups in total. The van der Waals surface area contributed by atoms with Gasteiger partial charge in [-0.1, -0.05) is 92.7 Å². The fraction of sp³-hybridized carbons (Fsp3) is 0.133. The van der Waals surface area contributed by atoms with Crippen LogP contribution in [0.3, 0.4) is 0 Å². The third kappa shape index (κ3) is 2.56. The van der Waals surface area contributed by atoms with Crippen LogP contribution in [0.5, 0.6) is 0 Å². The van der Waals surface area contributed by atoms with Gasteiger partial charge in [-0.05, 0) is 56.6 Å². The van der Waals surface area contributed by atoms with Crippen molar-refractivity contribution in [2.45, 2.75) is 19.3 Å². The molecule has 1 aliphatic carbocycles. The number of hydrogen-bond acceptors (Lipinski definition) is 1. The van der Waals surface area contributed by atoms with Crippen molar-refractivity contribution in [3.8, 4) is 11.1 Å². The van der Waals surface area contributed by atoms with Crippen molar-refractivity contribution in [2.75, 3.05) is 11.9 Å². The molecule has 5 aromatic rings. The Balaban J connectivity index is 1.54. The first kappa shape index (κ1) is 18.2. The van der Waals surface area contributed by atoms with Crippen LogP contribution in [0.25, 0.3) is 32.7 Å². The molecular weight excluding hydrogens is 374 g/mol. The molecule has 0 saturated heterocycles. The quantitative estimate of drug-likeness (QED) is 0.271. The largest absolute Gasteiger partial charge is 0.344 e.